The van der Waals surface area contributed by atoms with Crippen molar-refractivity contribution in [3.05, 3.63) is 75.9 Å². The van der Waals surface area contributed by atoms with E-state index in [4.69, 9.17) is 36.8 Å². The van der Waals surface area contributed by atoms with E-state index in [2.05, 4.69) is 20.8 Å². The average Bonchev–Trinajstić information content (AvgIpc) is 2.95. The molecule has 0 aliphatic rings. The SMILES string of the molecule is CCOC(=O)COc1c(CNc2ncc(Cl)cc2C(=O)Nc2ccc(/C(N)=N/O)cc2)cc(CO)cc1OC(C)C. The van der Waals surface area contributed by atoms with E-state index in [1.165, 1.54) is 12.3 Å². The van der Waals surface area contributed by atoms with Crippen molar-refractivity contribution < 1.29 is 34.1 Å². The first-order valence-corrected chi connectivity index (χ1v) is 13.0. The molecule has 6 N–H and O–H groups in total. The fraction of sp³-hybridized carbons (Fsp3) is 0.286. The molecule has 1 amide bonds. The van der Waals surface area contributed by atoms with Crippen LogP contribution in [-0.4, -0.2) is 52.3 Å². The Labute approximate surface area is 242 Å². The van der Waals surface area contributed by atoms with Gasteiger partial charge in [-0.1, -0.05) is 16.8 Å². The number of anilines is 2. The van der Waals surface area contributed by atoms with Gasteiger partial charge in [-0.25, -0.2) is 9.78 Å². The van der Waals surface area contributed by atoms with Crippen LogP contribution in [0.3, 0.4) is 0 Å². The minimum atomic E-state index is -0.550. The Bertz CT molecular complexity index is 1400. The number of halogens is 1. The summed E-state index contributed by atoms with van der Waals surface area (Å²) in [6.07, 6.45) is 1.17. The van der Waals surface area contributed by atoms with E-state index >= 15 is 0 Å². The predicted octanol–water partition coefficient (Wildman–Crippen LogP) is 3.92. The number of aromatic nitrogens is 1. The highest BCUT2D eigenvalue weighted by atomic mass is 35.5. The molecule has 0 saturated heterocycles. The molecular weight excluding hydrogens is 554 g/mol. The molecule has 41 heavy (non-hydrogen) atoms. The first-order chi connectivity index (χ1) is 19.6. The second-order valence-corrected chi connectivity index (χ2v) is 9.36. The number of nitrogens with one attached hydrogen (secondary N) is 2. The molecule has 0 unspecified atom stereocenters. The van der Waals surface area contributed by atoms with Gasteiger partial charge in [0.05, 0.1) is 29.9 Å². The number of carbonyl (C=O) groups is 2. The molecule has 2 aromatic carbocycles. The van der Waals surface area contributed by atoms with Crippen molar-refractivity contribution in [1.82, 2.24) is 4.98 Å². The van der Waals surface area contributed by atoms with Crippen LogP contribution in [0, 0.1) is 0 Å². The van der Waals surface area contributed by atoms with E-state index in [-0.39, 0.29) is 60.5 Å². The molecule has 1 aromatic heterocycles. The van der Waals surface area contributed by atoms with Gasteiger partial charge in [-0.05, 0) is 68.8 Å². The molecule has 0 aliphatic carbocycles. The van der Waals surface area contributed by atoms with Crippen LogP contribution in [0.1, 0.15) is 47.8 Å². The number of oxime groups is 1. The Kier molecular flexibility index (Phi) is 11.1. The number of aliphatic hydroxyl groups is 1. The van der Waals surface area contributed by atoms with Crippen molar-refractivity contribution in [2.75, 3.05) is 23.8 Å². The molecule has 12 nitrogen and oxygen atoms in total. The molecule has 3 rings (SSSR count). The van der Waals surface area contributed by atoms with Gasteiger partial charge in [0.15, 0.2) is 23.9 Å². The Morgan fingerprint density at radius 1 is 1.17 bits per heavy atom. The third kappa shape index (κ3) is 8.72. The third-order valence-electron chi connectivity index (χ3n) is 5.47. The Morgan fingerprint density at radius 3 is 2.54 bits per heavy atom. The summed E-state index contributed by atoms with van der Waals surface area (Å²) in [7, 11) is 0. The van der Waals surface area contributed by atoms with Gasteiger partial charge in [-0.15, -0.1) is 0 Å². The van der Waals surface area contributed by atoms with Crippen molar-refractivity contribution in [2.45, 2.75) is 40.0 Å². The standard InChI is InChI=1S/C28H32ClN5O7/c1-4-39-24(36)15-40-25-19(9-17(14-35)10-23(25)41-16(2)3)12-31-27-22(11-20(29)13-32-27)28(37)33-21-7-5-18(6-8-21)26(30)34-38/h5-11,13,16,35,38H,4,12,14-15H2,1-3H3,(H2,30,34)(H,31,32)(H,33,37). The minimum absolute atomic E-state index is 0.0637. The van der Waals surface area contributed by atoms with Gasteiger partial charge < -0.3 is 40.9 Å². The number of pyridine rings is 1. The van der Waals surface area contributed by atoms with Crippen molar-refractivity contribution in [3.63, 3.8) is 0 Å². The number of hydrogen-bond donors (Lipinski definition) is 5. The number of ether oxygens (including phenoxy) is 3. The summed E-state index contributed by atoms with van der Waals surface area (Å²) in [5.74, 6) is -0.271. The van der Waals surface area contributed by atoms with Gasteiger partial charge in [-0.3, -0.25) is 4.79 Å². The van der Waals surface area contributed by atoms with E-state index < -0.39 is 11.9 Å². The first-order valence-electron chi connectivity index (χ1n) is 12.7. The number of amidine groups is 1. The van der Waals surface area contributed by atoms with Crippen LogP contribution in [0.5, 0.6) is 11.5 Å². The molecule has 0 aliphatic heterocycles. The van der Waals surface area contributed by atoms with Crippen LogP contribution in [-0.2, 0) is 22.7 Å². The van der Waals surface area contributed by atoms with Gasteiger partial charge in [-0.2, -0.15) is 0 Å². The van der Waals surface area contributed by atoms with Crippen LogP contribution in [0.2, 0.25) is 5.02 Å². The zero-order valence-corrected chi connectivity index (χ0v) is 23.6. The molecule has 3 aromatic rings. The second kappa shape index (κ2) is 14.7. The van der Waals surface area contributed by atoms with Crippen LogP contribution >= 0.6 is 11.6 Å². The van der Waals surface area contributed by atoms with Crippen LogP contribution in [0.15, 0.2) is 53.8 Å². The summed E-state index contributed by atoms with van der Waals surface area (Å²) >= 11 is 6.15. The van der Waals surface area contributed by atoms with Gasteiger partial charge in [0.1, 0.15) is 5.82 Å². The maximum Gasteiger partial charge on any atom is 0.344 e. The molecule has 0 atom stereocenters. The Hall–Kier alpha value is -4.55. The van der Waals surface area contributed by atoms with Crippen molar-refractivity contribution in [1.29, 1.82) is 0 Å². The van der Waals surface area contributed by atoms with Gasteiger partial charge >= 0.3 is 5.97 Å². The summed E-state index contributed by atoms with van der Waals surface area (Å²) < 4.78 is 16.7. The van der Waals surface area contributed by atoms with Gasteiger partial charge in [0.2, 0.25) is 0 Å². The largest absolute Gasteiger partial charge is 0.487 e. The minimum Gasteiger partial charge on any atom is -0.487 e. The molecule has 13 heteroatoms. The molecule has 0 radical (unpaired) electrons. The third-order valence-corrected chi connectivity index (χ3v) is 5.67. The van der Waals surface area contributed by atoms with Crippen LogP contribution in [0.4, 0.5) is 11.5 Å². The fourth-order valence-electron chi connectivity index (χ4n) is 3.70. The number of aliphatic hydroxyl groups excluding tert-OH is 1. The van der Waals surface area contributed by atoms with Crippen LogP contribution in [0.25, 0.3) is 0 Å². The van der Waals surface area contributed by atoms with E-state index in [9.17, 15) is 14.7 Å². The second-order valence-electron chi connectivity index (χ2n) is 8.92. The molecule has 218 valence electrons. The number of esters is 1. The van der Waals surface area contributed by atoms with E-state index in [1.807, 2.05) is 13.8 Å². The van der Waals surface area contributed by atoms with Gasteiger partial charge in [0, 0.05) is 29.6 Å². The highest BCUT2D eigenvalue weighted by Crippen LogP contribution is 2.35. The average molecular weight is 586 g/mol. The van der Waals surface area contributed by atoms with Crippen molar-refractivity contribution in [2.24, 2.45) is 10.9 Å². The number of benzene rings is 2. The zero-order valence-electron chi connectivity index (χ0n) is 22.8. The maximum atomic E-state index is 13.2. The van der Waals surface area contributed by atoms with E-state index in [0.29, 0.717) is 28.1 Å². The number of rotatable bonds is 13. The maximum absolute atomic E-state index is 13.2. The monoisotopic (exact) mass is 585 g/mol. The summed E-state index contributed by atoms with van der Waals surface area (Å²) in [6, 6.07) is 11.2. The number of amides is 1. The molecular formula is C28H32ClN5O7. The van der Waals surface area contributed by atoms with E-state index in [0.717, 1.165) is 0 Å². The Morgan fingerprint density at radius 2 is 1.90 bits per heavy atom. The normalized spacial score (nSPS) is 11.2. The molecule has 0 fully saturated rings. The van der Waals surface area contributed by atoms with Crippen molar-refractivity contribution >= 4 is 40.8 Å². The quantitative estimate of drug-likeness (QED) is 0.0649. The lowest BCUT2D eigenvalue weighted by Crippen LogP contribution is -2.18. The predicted molar refractivity (Wildman–Crippen MR) is 154 cm³/mol. The lowest BCUT2D eigenvalue weighted by atomic mass is 10.1. The number of hydrogen-bond acceptors (Lipinski definition) is 10. The highest BCUT2D eigenvalue weighted by molar-refractivity contribution is 6.31. The Balaban J connectivity index is 1.89. The smallest absolute Gasteiger partial charge is 0.344 e. The van der Waals surface area contributed by atoms with Crippen LogP contribution < -0.4 is 25.8 Å². The molecule has 0 bridgehead atoms. The fourth-order valence-corrected chi connectivity index (χ4v) is 3.86. The lowest BCUT2D eigenvalue weighted by Gasteiger charge is -2.20. The molecule has 0 saturated carbocycles. The number of nitrogens with two attached hydrogens (primary N) is 1. The van der Waals surface area contributed by atoms with E-state index in [1.54, 1.807) is 43.3 Å². The summed E-state index contributed by atoms with van der Waals surface area (Å²) in [6.45, 7) is 5.05. The number of carbonyl (C=O) groups excluding carboxylic acids is 2. The number of nitrogens with zero attached hydrogens (tertiary/aromatic N) is 2. The summed E-state index contributed by atoms with van der Waals surface area (Å²) in [5.41, 5.74) is 7.77. The lowest BCUT2D eigenvalue weighted by molar-refractivity contribution is -0.145. The summed E-state index contributed by atoms with van der Waals surface area (Å²) in [5, 5.41) is 27.8. The first kappa shape index (κ1) is 31.0. The summed E-state index contributed by atoms with van der Waals surface area (Å²) in [4.78, 5) is 29.5. The van der Waals surface area contributed by atoms with Gasteiger partial charge in [0.25, 0.3) is 5.91 Å². The highest BCUT2D eigenvalue weighted by Gasteiger charge is 2.19. The topological polar surface area (TPSA) is 178 Å². The zero-order chi connectivity index (χ0) is 29.9. The molecule has 1 heterocycles. The molecule has 0 spiro atoms. The van der Waals surface area contributed by atoms with Crippen molar-refractivity contribution in [3.8, 4) is 11.5 Å².